The van der Waals surface area contributed by atoms with E-state index in [4.69, 9.17) is 0 Å². The average Bonchev–Trinajstić information content (AvgIpc) is 2.62. The first-order chi connectivity index (χ1) is 13.4. The highest BCUT2D eigenvalue weighted by molar-refractivity contribution is 5.70. The van der Waals surface area contributed by atoms with E-state index >= 15 is 0 Å². The monoisotopic (exact) mass is 389 g/mol. The number of nitrogens with zero attached hydrogens (tertiary/aromatic N) is 1. The molecule has 0 aliphatic heterocycles. The number of benzene rings is 1. The lowest BCUT2D eigenvalue weighted by molar-refractivity contribution is -0.893. The van der Waals surface area contributed by atoms with Crippen LogP contribution in [0, 0.1) is 5.92 Å². The third kappa shape index (κ3) is 10.3. The van der Waals surface area contributed by atoms with Crippen LogP contribution >= 0.6 is 0 Å². The molecule has 0 saturated heterocycles. The van der Waals surface area contributed by atoms with E-state index in [0.717, 1.165) is 19.3 Å². The number of carboxylic acids is 1. The Balaban J connectivity index is 2.47. The molecule has 0 N–H and O–H groups in total. The maximum atomic E-state index is 11.9. The SMILES string of the molecule is CCCCCCCCCCCCC(Cc1ccccc1)C(C(=O)[O-])[N+](C)(C)C. The van der Waals surface area contributed by atoms with Gasteiger partial charge in [0.15, 0.2) is 0 Å². The van der Waals surface area contributed by atoms with Crippen LogP contribution in [-0.2, 0) is 11.2 Å². The minimum Gasteiger partial charge on any atom is -0.544 e. The molecule has 0 amide bonds. The average molecular weight is 390 g/mol. The zero-order valence-corrected chi connectivity index (χ0v) is 18.8. The van der Waals surface area contributed by atoms with Gasteiger partial charge in [-0.15, -0.1) is 0 Å². The van der Waals surface area contributed by atoms with Crippen molar-refractivity contribution < 1.29 is 14.4 Å². The third-order valence-corrected chi connectivity index (χ3v) is 5.79. The molecule has 0 bridgehead atoms. The number of carbonyl (C=O) groups is 1. The summed E-state index contributed by atoms with van der Waals surface area (Å²) in [6, 6.07) is 9.82. The molecule has 3 nitrogen and oxygen atoms in total. The lowest BCUT2D eigenvalue weighted by Crippen LogP contribution is -2.58. The van der Waals surface area contributed by atoms with Crippen molar-refractivity contribution in [1.29, 1.82) is 0 Å². The van der Waals surface area contributed by atoms with Crippen molar-refractivity contribution in [2.75, 3.05) is 21.1 Å². The first kappa shape index (κ1) is 24.7. The largest absolute Gasteiger partial charge is 0.544 e. The van der Waals surface area contributed by atoms with Gasteiger partial charge in [-0.3, -0.25) is 0 Å². The molecule has 0 aliphatic carbocycles. The fourth-order valence-electron chi connectivity index (χ4n) is 4.32. The summed E-state index contributed by atoms with van der Waals surface area (Å²) in [6.07, 6.45) is 14.8. The fraction of sp³-hybridized carbons (Fsp3) is 0.720. The molecule has 3 heteroatoms. The van der Waals surface area contributed by atoms with Crippen molar-refractivity contribution in [3.05, 3.63) is 35.9 Å². The molecule has 1 aromatic carbocycles. The van der Waals surface area contributed by atoms with Gasteiger partial charge in [-0.25, -0.2) is 0 Å². The summed E-state index contributed by atoms with van der Waals surface area (Å²) >= 11 is 0. The molecule has 0 radical (unpaired) electrons. The summed E-state index contributed by atoms with van der Waals surface area (Å²) in [5.74, 6) is -0.804. The highest BCUT2D eigenvalue weighted by atomic mass is 16.4. The molecule has 0 saturated carbocycles. The molecule has 0 heterocycles. The van der Waals surface area contributed by atoms with E-state index in [1.54, 1.807) is 0 Å². The second kappa shape index (κ2) is 13.8. The van der Waals surface area contributed by atoms with Crippen LogP contribution in [0.2, 0.25) is 0 Å². The van der Waals surface area contributed by atoms with E-state index in [1.807, 2.05) is 39.3 Å². The quantitative estimate of drug-likeness (QED) is 0.295. The summed E-state index contributed by atoms with van der Waals surface area (Å²) in [6.45, 7) is 2.26. The van der Waals surface area contributed by atoms with E-state index in [2.05, 4.69) is 19.1 Å². The van der Waals surface area contributed by atoms with Gasteiger partial charge >= 0.3 is 0 Å². The Morgan fingerprint density at radius 3 is 1.82 bits per heavy atom. The van der Waals surface area contributed by atoms with Crippen molar-refractivity contribution in [2.45, 2.75) is 90.0 Å². The number of likely N-dealkylation sites (N-methyl/N-ethyl adjacent to an activating group) is 1. The fourth-order valence-corrected chi connectivity index (χ4v) is 4.32. The van der Waals surface area contributed by atoms with Crippen molar-refractivity contribution in [3.63, 3.8) is 0 Å². The Kier molecular flexibility index (Phi) is 12.1. The molecular weight excluding hydrogens is 346 g/mol. The van der Waals surface area contributed by atoms with Crippen molar-refractivity contribution >= 4 is 5.97 Å². The number of aliphatic carboxylic acids is 1. The first-order valence-electron chi connectivity index (χ1n) is 11.4. The van der Waals surface area contributed by atoms with Crippen LogP contribution in [0.1, 0.15) is 83.1 Å². The number of carbonyl (C=O) groups excluding carboxylic acids is 1. The Hall–Kier alpha value is -1.35. The Morgan fingerprint density at radius 1 is 0.857 bits per heavy atom. The third-order valence-electron chi connectivity index (χ3n) is 5.79. The van der Waals surface area contributed by atoms with Crippen LogP contribution in [0.25, 0.3) is 0 Å². The predicted octanol–water partition coefficient (Wildman–Crippen LogP) is 4.98. The minimum absolute atomic E-state index is 0.112. The molecule has 0 aromatic heterocycles. The van der Waals surface area contributed by atoms with Crippen LogP contribution in [0.3, 0.4) is 0 Å². The van der Waals surface area contributed by atoms with Gasteiger partial charge in [0.1, 0.15) is 6.04 Å². The second-order valence-electron chi connectivity index (χ2n) is 9.30. The lowest BCUT2D eigenvalue weighted by atomic mass is 9.86. The zero-order chi connectivity index (χ0) is 20.8. The Labute approximate surface area is 173 Å². The van der Waals surface area contributed by atoms with Crippen LogP contribution in [0.5, 0.6) is 0 Å². The minimum atomic E-state index is -0.916. The molecular formula is C25H43NO2. The number of hydrogen-bond donors (Lipinski definition) is 0. The van der Waals surface area contributed by atoms with Gasteiger partial charge in [0.2, 0.25) is 0 Å². The van der Waals surface area contributed by atoms with Crippen molar-refractivity contribution in [3.8, 4) is 0 Å². The van der Waals surface area contributed by atoms with Crippen LogP contribution in [0.4, 0.5) is 0 Å². The van der Waals surface area contributed by atoms with Gasteiger partial charge < -0.3 is 14.4 Å². The summed E-state index contributed by atoms with van der Waals surface area (Å²) < 4.78 is 0.414. The molecule has 160 valence electrons. The van der Waals surface area contributed by atoms with Gasteiger partial charge in [0.25, 0.3) is 0 Å². The van der Waals surface area contributed by atoms with Gasteiger partial charge in [0.05, 0.1) is 27.1 Å². The standard InChI is InChI=1S/C25H43NO2/c1-5-6-7-8-9-10-11-12-13-17-20-23(21-22-18-15-14-16-19-22)24(25(27)28)26(2,3)4/h14-16,18-19,23-24H,5-13,17,20-21H2,1-4H3. The number of carboxylic acid groups (broad SMARTS) is 1. The summed E-state index contributed by atoms with van der Waals surface area (Å²) in [5.41, 5.74) is 1.22. The van der Waals surface area contributed by atoms with Crippen LogP contribution in [-0.4, -0.2) is 37.6 Å². The normalized spacial score (nSPS) is 14.0. The van der Waals surface area contributed by atoms with Gasteiger partial charge in [-0.1, -0.05) is 101 Å². The smallest absolute Gasteiger partial charge is 0.132 e. The maximum absolute atomic E-state index is 11.9. The number of quaternary nitrogens is 1. The summed E-state index contributed by atoms with van der Waals surface area (Å²) in [7, 11) is 5.91. The van der Waals surface area contributed by atoms with Crippen LogP contribution < -0.4 is 5.11 Å². The van der Waals surface area contributed by atoms with Crippen molar-refractivity contribution in [1.82, 2.24) is 0 Å². The zero-order valence-electron chi connectivity index (χ0n) is 18.8. The topological polar surface area (TPSA) is 40.1 Å². The predicted molar refractivity (Wildman–Crippen MR) is 117 cm³/mol. The number of unbranched alkanes of at least 4 members (excludes halogenated alkanes) is 9. The van der Waals surface area contributed by atoms with Gasteiger partial charge in [-0.2, -0.15) is 0 Å². The molecule has 0 fully saturated rings. The Bertz CT molecular complexity index is 521. The molecule has 0 aliphatic rings. The highest BCUT2D eigenvalue weighted by Crippen LogP contribution is 2.25. The molecule has 1 rings (SSSR count). The first-order valence-corrected chi connectivity index (χ1v) is 11.4. The molecule has 1 aromatic rings. The summed E-state index contributed by atoms with van der Waals surface area (Å²) in [4.78, 5) is 11.9. The molecule has 0 spiro atoms. The van der Waals surface area contributed by atoms with E-state index in [0.29, 0.717) is 4.48 Å². The van der Waals surface area contributed by atoms with Gasteiger partial charge in [0, 0.05) is 5.92 Å². The Morgan fingerprint density at radius 2 is 1.36 bits per heavy atom. The van der Waals surface area contributed by atoms with Crippen LogP contribution in [0.15, 0.2) is 30.3 Å². The molecule has 2 unspecified atom stereocenters. The van der Waals surface area contributed by atoms with E-state index in [1.165, 1.54) is 63.4 Å². The highest BCUT2D eigenvalue weighted by Gasteiger charge is 2.33. The summed E-state index contributed by atoms with van der Waals surface area (Å²) in [5, 5.41) is 11.9. The molecule has 2 atom stereocenters. The number of hydrogen-bond acceptors (Lipinski definition) is 2. The number of rotatable bonds is 16. The van der Waals surface area contributed by atoms with E-state index < -0.39 is 12.0 Å². The maximum Gasteiger partial charge on any atom is 0.132 e. The second-order valence-corrected chi connectivity index (χ2v) is 9.30. The van der Waals surface area contributed by atoms with Gasteiger partial charge in [-0.05, 0) is 18.4 Å². The van der Waals surface area contributed by atoms with E-state index in [9.17, 15) is 9.90 Å². The lowest BCUT2D eigenvalue weighted by Gasteiger charge is -2.40. The van der Waals surface area contributed by atoms with Crippen molar-refractivity contribution in [2.24, 2.45) is 5.92 Å². The van der Waals surface area contributed by atoms with E-state index in [-0.39, 0.29) is 5.92 Å². The molecule has 28 heavy (non-hydrogen) atoms.